The van der Waals surface area contributed by atoms with Crippen LogP contribution in [0.5, 0.6) is 5.75 Å². The highest BCUT2D eigenvalue weighted by Crippen LogP contribution is 2.20. The third-order valence-electron chi connectivity index (χ3n) is 1.79. The number of hydrogen-bond acceptors (Lipinski definition) is 3. The van der Waals surface area contributed by atoms with Crippen molar-refractivity contribution < 1.29 is 9.53 Å². The predicted octanol–water partition coefficient (Wildman–Crippen LogP) is 2.45. The van der Waals surface area contributed by atoms with Gasteiger partial charge in [-0.05, 0) is 18.2 Å². The van der Waals surface area contributed by atoms with Crippen LogP contribution < -0.4 is 4.74 Å². The maximum atomic E-state index is 10.6. The van der Waals surface area contributed by atoms with Gasteiger partial charge in [0.15, 0.2) is 0 Å². The van der Waals surface area contributed by atoms with Crippen LogP contribution in [0.3, 0.4) is 0 Å². The SMILES string of the molecule is COc1ccc(C=O)cc1C=CCS. The summed E-state index contributed by atoms with van der Waals surface area (Å²) in [6.45, 7) is 0. The maximum absolute atomic E-state index is 10.6. The molecule has 74 valence electrons. The molecule has 0 N–H and O–H groups in total. The molecule has 0 bridgehead atoms. The van der Waals surface area contributed by atoms with Crippen molar-refractivity contribution in [2.45, 2.75) is 0 Å². The van der Waals surface area contributed by atoms with Crippen LogP contribution in [-0.4, -0.2) is 19.1 Å². The summed E-state index contributed by atoms with van der Waals surface area (Å²) in [5.41, 5.74) is 1.54. The van der Waals surface area contributed by atoms with E-state index in [-0.39, 0.29) is 0 Å². The van der Waals surface area contributed by atoms with Crippen LogP contribution in [0.15, 0.2) is 24.3 Å². The zero-order valence-corrected chi connectivity index (χ0v) is 8.83. The van der Waals surface area contributed by atoms with Gasteiger partial charge in [-0.1, -0.05) is 12.2 Å². The fourth-order valence-electron chi connectivity index (χ4n) is 1.14. The minimum atomic E-state index is 0.643. The Labute approximate surface area is 89.0 Å². The van der Waals surface area contributed by atoms with Crippen molar-refractivity contribution in [2.24, 2.45) is 0 Å². The molecule has 0 atom stereocenters. The number of carbonyl (C=O) groups is 1. The number of ether oxygens (including phenoxy) is 1. The molecule has 0 radical (unpaired) electrons. The van der Waals surface area contributed by atoms with Gasteiger partial charge in [0.2, 0.25) is 0 Å². The largest absolute Gasteiger partial charge is 0.496 e. The van der Waals surface area contributed by atoms with Gasteiger partial charge in [0.25, 0.3) is 0 Å². The number of thiol groups is 1. The Morgan fingerprint density at radius 1 is 1.50 bits per heavy atom. The van der Waals surface area contributed by atoms with Gasteiger partial charge < -0.3 is 4.74 Å². The molecule has 0 aliphatic carbocycles. The normalized spacial score (nSPS) is 10.4. The second-order valence-corrected chi connectivity index (χ2v) is 3.07. The highest BCUT2D eigenvalue weighted by molar-refractivity contribution is 7.80. The van der Waals surface area contributed by atoms with Crippen molar-refractivity contribution in [1.82, 2.24) is 0 Å². The summed E-state index contributed by atoms with van der Waals surface area (Å²) in [6, 6.07) is 5.29. The summed E-state index contributed by atoms with van der Waals surface area (Å²) >= 11 is 4.07. The Morgan fingerprint density at radius 3 is 2.86 bits per heavy atom. The monoisotopic (exact) mass is 208 g/mol. The van der Waals surface area contributed by atoms with Gasteiger partial charge in [0, 0.05) is 16.9 Å². The molecule has 0 saturated carbocycles. The molecule has 2 nitrogen and oxygen atoms in total. The predicted molar refractivity (Wildman–Crippen MR) is 61.3 cm³/mol. The molecule has 1 rings (SSSR count). The molecule has 14 heavy (non-hydrogen) atoms. The third-order valence-corrected chi connectivity index (χ3v) is 2.00. The van der Waals surface area contributed by atoms with E-state index in [1.165, 1.54) is 0 Å². The van der Waals surface area contributed by atoms with E-state index in [1.807, 2.05) is 12.2 Å². The van der Waals surface area contributed by atoms with Gasteiger partial charge in [-0.2, -0.15) is 12.6 Å². The molecular formula is C11H12O2S. The van der Waals surface area contributed by atoms with E-state index >= 15 is 0 Å². The number of carbonyl (C=O) groups excluding carboxylic acids is 1. The number of methoxy groups -OCH3 is 1. The first-order valence-corrected chi connectivity index (χ1v) is 4.85. The summed E-state index contributed by atoms with van der Waals surface area (Å²) in [4.78, 5) is 10.6. The van der Waals surface area contributed by atoms with Gasteiger partial charge in [-0.3, -0.25) is 4.79 Å². The first-order chi connectivity index (χ1) is 6.81. The smallest absolute Gasteiger partial charge is 0.150 e. The highest BCUT2D eigenvalue weighted by Gasteiger charge is 2.00. The molecule has 3 heteroatoms. The molecule has 0 aliphatic rings. The maximum Gasteiger partial charge on any atom is 0.150 e. The van der Waals surface area contributed by atoms with Crippen molar-refractivity contribution in [3.05, 3.63) is 35.4 Å². The fraction of sp³-hybridized carbons (Fsp3) is 0.182. The summed E-state index contributed by atoms with van der Waals surface area (Å²) in [5.74, 6) is 1.42. The molecule has 0 heterocycles. The number of benzene rings is 1. The molecule has 0 amide bonds. The lowest BCUT2D eigenvalue weighted by Crippen LogP contribution is -1.89. The van der Waals surface area contributed by atoms with E-state index in [0.29, 0.717) is 11.3 Å². The minimum absolute atomic E-state index is 0.643. The van der Waals surface area contributed by atoms with Gasteiger partial charge >= 0.3 is 0 Å². The van der Waals surface area contributed by atoms with E-state index in [4.69, 9.17) is 4.74 Å². The Bertz CT molecular complexity index is 345. The summed E-state index contributed by atoms with van der Waals surface area (Å²) in [6.07, 6.45) is 4.60. The van der Waals surface area contributed by atoms with E-state index in [9.17, 15) is 4.79 Å². The molecule has 1 aromatic rings. The van der Waals surface area contributed by atoms with Gasteiger partial charge in [-0.15, -0.1) is 0 Å². The minimum Gasteiger partial charge on any atom is -0.496 e. The topological polar surface area (TPSA) is 26.3 Å². The zero-order chi connectivity index (χ0) is 10.4. The molecule has 0 aromatic heterocycles. The first kappa shape index (κ1) is 10.9. The quantitative estimate of drug-likeness (QED) is 0.607. The first-order valence-electron chi connectivity index (χ1n) is 4.22. The zero-order valence-electron chi connectivity index (χ0n) is 7.93. The second kappa shape index (κ2) is 5.50. The number of rotatable bonds is 4. The molecule has 0 saturated heterocycles. The van der Waals surface area contributed by atoms with Crippen LogP contribution in [-0.2, 0) is 0 Å². The van der Waals surface area contributed by atoms with Crippen LogP contribution in [0.4, 0.5) is 0 Å². The fourth-order valence-corrected chi connectivity index (χ4v) is 1.24. The standard InChI is InChI=1S/C11H12O2S/c1-13-11-5-4-9(8-12)7-10(11)3-2-6-14/h2-5,7-8,14H,6H2,1H3. The van der Waals surface area contributed by atoms with Crippen molar-refractivity contribution in [2.75, 3.05) is 12.9 Å². The van der Waals surface area contributed by atoms with Gasteiger partial charge in [0.05, 0.1) is 7.11 Å². The number of aldehydes is 1. The van der Waals surface area contributed by atoms with E-state index in [2.05, 4.69) is 12.6 Å². The van der Waals surface area contributed by atoms with Crippen LogP contribution in [0.1, 0.15) is 15.9 Å². The molecule has 0 unspecified atom stereocenters. The van der Waals surface area contributed by atoms with Crippen LogP contribution >= 0.6 is 12.6 Å². The van der Waals surface area contributed by atoms with E-state index in [0.717, 1.165) is 17.6 Å². The van der Waals surface area contributed by atoms with Crippen molar-refractivity contribution >= 4 is 25.0 Å². The van der Waals surface area contributed by atoms with Crippen LogP contribution in [0, 0.1) is 0 Å². The number of hydrogen-bond donors (Lipinski definition) is 1. The Balaban J connectivity index is 3.07. The molecular weight excluding hydrogens is 196 g/mol. The molecule has 0 fully saturated rings. The van der Waals surface area contributed by atoms with Crippen LogP contribution in [0.25, 0.3) is 6.08 Å². The van der Waals surface area contributed by atoms with E-state index in [1.54, 1.807) is 25.3 Å². The highest BCUT2D eigenvalue weighted by atomic mass is 32.1. The summed E-state index contributed by atoms with van der Waals surface area (Å²) in [5, 5.41) is 0. The van der Waals surface area contributed by atoms with Gasteiger partial charge in [-0.25, -0.2) is 0 Å². The molecule has 1 aromatic carbocycles. The Hall–Kier alpha value is -1.22. The van der Waals surface area contributed by atoms with Crippen molar-refractivity contribution in [1.29, 1.82) is 0 Å². The lowest BCUT2D eigenvalue weighted by Gasteiger charge is -2.04. The average molecular weight is 208 g/mol. The lowest BCUT2D eigenvalue weighted by atomic mass is 10.1. The summed E-state index contributed by atoms with van der Waals surface area (Å²) in [7, 11) is 1.61. The van der Waals surface area contributed by atoms with Crippen molar-refractivity contribution in [3.8, 4) is 5.75 Å². The lowest BCUT2D eigenvalue weighted by molar-refractivity contribution is 0.112. The molecule has 0 aliphatic heterocycles. The van der Waals surface area contributed by atoms with Crippen molar-refractivity contribution in [3.63, 3.8) is 0 Å². The third kappa shape index (κ3) is 2.64. The average Bonchev–Trinajstić information content (AvgIpc) is 2.25. The Kier molecular flexibility index (Phi) is 4.26. The van der Waals surface area contributed by atoms with Crippen LogP contribution in [0.2, 0.25) is 0 Å². The molecule has 0 spiro atoms. The second-order valence-electron chi connectivity index (χ2n) is 2.70. The summed E-state index contributed by atoms with van der Waals surface area (Å²) < 4.78 is 5.15. The van der Waals surface area contributed by atoms with E-state index < -0.39 is 0 Å². The van der Waals surface area contributed by atoms with Gasteiger partial charge in [0.1, 0.15) is 12.0 Å². The Morgan fingerprint density at radius 2 is 2.29 bits per heavy atom.